The normalized spacial score (nSPS) is 17.8. The second kappa shape index (κ2) is 7.27. The first-order valence-corrected chi connectivity index (χ1v) is 7.97. The molecule has 0 spiro atoms. The van der Waals surface area contributed by atoms with Gasteiger partial charge in [0.2, 0.25) is 0 Å². The Morgan fingerprint density at radius 2 is 1.83 bits per heavy atom. The molecule has 3 rings (SSSR count). The Morgan fingerprint density at radius 1 is 1.09 bits per heavy atom. The van der Waals surface area contributed by atoms with Crippen LogP contribution in [0.2, 0.25) is 0 Å². The SMILES string of the molecule is O=C(OCc1ccccc1)N1CCCCC1c1ccc(F)cc1. The lowest BCUT2D eigenvalue weighted by atomic mass is 9.96. The quantitative estimate of drug-likeness (QED) is 0.822. The third-order valence-electron chi connectivity index (χ3n) is 4.20. The summed E-state index contributed by atoms with van der Waals surface area (Å²) in [4.78, 5) is 14.2. The van der Waals surface area contributed by atoms with Crippen LogP contribution in [0.5, 0.6) is 0 Å². The highest BCUT2D eigenvalue weighted by atomic mass is 19.1. The average molecular weight is 313 g/mol. The summed E-state index contributed by atoms with van der Waals surface area (Å²) in [6, 6.07) is 16.0. The minimum atomic E-state index is -0.303. The molecule has 23 heavy (non-hydrogen) atoms. The zero-order valence-electron chi connectivity index (χ0n) is 13.0. The van der Waals surface area contributed by atoms with Crippen molar-refractivity contribution in [1.82, 2.24) is 4.90 Å². The minimum absolute atomic E-state index is 0.0346. The van der Waals surface area contributed by atoms with E-state index in [9.17, 15) is 9.18 Å². The topological polar surface area (TPSA) is 29.5 Å². The van der Waals surface area contributed by atoms with Gasteiger partial charge < -0.3 is 9.64 Å². The summed E-state index contributed by atoms with van der Waals surface area (Å²) in [7, 11) is 0. The summed E-state index contributed by atoms with van der Waals surface area (Å²) in [5, 5.41) is 0. The van der Waals surface area contributed by atoms with Gasteiger partial charge in [-0.15, -0.1) is 0 Å². The van der Waals surface area contributed by atoms with E-state index >= 15 is 0 Å². The van der Waals surface area contributed by atoms with Crippen LogP contribution in [0.25, 0.3) is 0 Å². The van der Waals surface area contributed by atoms with Crippen molar-refractivity contribution in [2.45, 2.75) is 31.9 Å². The molecule has 0 aromatic heterocycles. The van der Waals surface area contributed by atoms with Gasteiger partial charge in [0.1, 0.15) is 12.4 Å². The second-order valence-corrected chi connectivity index (χ2v) is 5.80. The lowest BCUT2D eigenvalue weighted by molar-refractivity contribution is 0.0679. The van der Waals surface area contributed by atoms with Crippen LogP contribution in [0, 0.1) is 5.82 Å². The van der Waals surface area contributed by atoms with Crippen molar-refractivity contribution in [2.24, 2.45) is 0 Å². The number of carbonyl (C=O) groups excluding carboxylic acids is 1. The van der Waals surface area contributed by atoms with Crippen LogP contribution in [0.15, 0.2) is 54.6 Å². The van der Waals surface area contributed by atoms with E-state index in [2.05, 4.69) is 0 Å². The van der Waals surface area contributed by atoms with Gasteiger partial charge in [-0.05, 0) is 42.5 Å². The highest BCUT2D eigenvalue weighted by Gasteiger charge is 2.29. The molecule has 120 valence electrons. The molecule has 1 saturated heterocycles. The van der Waals surface area contributed by atoms with Gasteiger partial charge in [-0.25, -0.2) is 9.18 Å². The number of hydrogen-bond donors (Lipinski definition) is 0. The van der Waals surface area contributed by atoms with E-state index < -0.39 is 0 Å². The zero-order valence-corrected chi connectivity index (χ0v) is 13.0. The lowest BCUT2D eigenvalue weighted by Gasteiger charge is -2.35. The van der Waals surface area contributed by atoms with Crippen LogP contribution in [0.4, 0.5) is 9.18 Å². The zero-order chi connectivity index (χ0) is 16.1. The summed E-state index contributed by atoms with van der Waals surface area (Å²) >= 11 is 0. The Morgan fingerprint density at radius 3 is 2.57 bits per heavy atom. The van der Waals surface area contributed by atoms with E-state index in [1.54, 1.807) is 17.0 Å². The van der Waals surface area contributed by atoms with Gasteiger partial charge in [-0.1, -0.05) is 42.5 Å². The largest absolute Gasteiger partial charge is 0.445 e. The number of carbonyl (C=O) groups is 1. The molecule has 0 aliphatic carbocycles. The Kier molecular flexibility index (Phi) is 4.91. The van der Waals surface area contributed by atoms with Crippen LogP contribution in [0.1, 0.15) is 36.4 Å². The number of benzene rings is 2. The van der Waals surface area contributed by atoms with E-state index in [1.807, 2.05) is 30.3 Å². The van der Waals surface area contributed by atoms with Crippen molar-refractivity contribution >= 4 is 6.09 Å². The number of piperidine rings is 1. The molecule has 4 heteroatoms. The fourth-order valence-corrected chi connectivity index (χ4v) is 2.98. The molecule has 2 aromatic rings. The van der Waals surface area contributed by atoms with Gasteiger partial charge in [-0.3, -0.25) is 0 Å². The molecule has 1 atom stereocenters. The van der Waals surface area contributed by atoms with Crippen molar-refractivity contribution in [1.29, 1.82) is 0 Å². The van der Waals surface area contributed by atoms with Crippen molar-refractivity contribution in [3.63, 3.8) is 0 Å². The predicted octanol–water partition coefficient (Wildman–Crippen LogP) is 4.69. The third-order valence-corrected chi connectivity index (χ3v) is 4.20. The standard InChI is InChI=1S/C19H20FNO2/c20-17-11-9-16(10-12-17)18-8-4-5-13-21(18)19(22)23-14-15-6-2-1-3-7-15/h1-3,6-7,9-12,18H,4-5,8,13-14H2. The Labute approximate surface area is 135 Å². The second-order valence-electron chi connectivity index (χ2n) is 5.80. The number of amides is 1. The number of hydrogen-bond acceptors (Lipinski definition) is 2. The first-order valence-electron chi connectivity index (χ1n) is 7.97. The van der Waals surface area contributed by atoms with Gasteiger partial charge in [0.15, 0.2) is 0 Å². The van der Waals surface area contributed by atoms with Gasteiger partial charge in [0.25, 0.3) is 0 Å². The third kappa shape index (κ3) is 3.89. The van der Waals surface area contributed by atoms with Crippen LogP contribution in [-0.2, 0) is 11.3 Å². The maximum Gasteiger partial charge on any atom is 0.410 e. The van der Waals surface area contributed by atoms with Crippen molar-refractivity contribution in [3.8, 4) is 0 Å². The smallest absolute Gasteiger partial charge is 0.410 e. The van der Waals surface area contributed by atoms with E-state index in [0.29, 0.717) is 6.54 Å². The van der Waals surface area contributed by atoms with Gasteiger partial charge in [0.05, 0.1) is 6.04 Å². The van der Waals surface area contributed by atoms with Gasteiger partial charge >= 0.3 is 6.09 Å². The van der Waals surface area contributed by atoms with Crippen molar-refractivity contribution < 1.29 is 13.9 Å². The molecular weight excluding hydrogens is 293 g/mol. The first kappa shape index (κ1) is 15.5. The molecule has 0 bridgehead atoms. The van der Waals surface area contributed by atoms with Crippen LogP contribution in [0.3, 0.4) is 0 Å². The first-order chi connectivity index (χ1) is 11.2. The maximum atomic E-state index is 13.1. The number of likely N-dealkylation sites (tertiary alicyclic amines) is 1. The van der Waals surface area contributed by atoms with E-state index in [-0.39, 0.29) is 24.6 Å². The van der Waals surface area contributed by atoms with Crippen LogP contribution in [-0.4, -0.2) is 17.5 Å². The molecule has 2 aromatic carbocycles. The highest BCUT2D eigenvalue weighted by Crippen LogP contribution is 2.31. The predicted molar refractivity (Wildman–Crippen MR) is 86.3 cm³/mol. The molecule has 0 radical (unpaired) electrons. The highest BCUT2D eigenvalue weighted by molar-refractivity contribution is 5.68. The number of nitrogens with zero attached hydrogens (tertiary/aromatic N) is 1. The monoisotopic (exact) mass is 313 g/mol. The molecular formula is C19H20FNO2. The van der Waals surface area contributed by atoms with E-state index in [4.69, 9.17) is 4.74 Å². The molecule has 0 N–H and O–H groups in total. The lowest BCUT2D eigenvalue weighted by Crippen LogP contribution is -2.38. The molecule has 1 heterocycles. The molecule has 1 fully saturated rings. The molecule has 1 aliphatic rings. The molecule has 3 nitrogen and oxygen atoms in total. The summed E-state index contributed by atoms with van der Waals surface area (Å²) in [5.41, 5.74) is 1.93. The number of ether oxygens (including phenoxy) is 1. The summed E-state index contributed by atoms with van der Waals surface area (Å²) in [5.74, 6) is -0.261. The summed E-state index contributed by atoms with van der Waals surface area (Å²) < 4.78 is 18.6. The number of rotatable bonds is 3. The van der Waals surface area contributed by atoms with Crippen LogP contribution < -0.4 is 0 Å². The van der Waals surface area contributed by atoms with Gasteiger partial charge in [-0.2, -0.15) is 0 Å². The molecule has 1 amide bonds. The van der Waals surface area contributed by atoms with Crippen molar-refractivity contribution in [3.05, 3.63) is 71.5 Å². The Bertz CT molecular complexity index is 642. The summed E-state index contributed by atoms with van der Waals surface area (Å²) in [6.07, 6.45) is 2.61. The maximum absolute atomic E-state index is 13.1. The van der Waals surface area contributed by atoms with Crippen LogP contribution >= 0.6 is 0 Å². The molecule has 0 saturated carbocycles. The van der Waals surface area contributed by atoms with Crippen molar-refractivity contribution in [2.75, 3.05) is 6.54 Å². The van der Waals surface area contributed by atoms with Gasteiger partial charge in [0, 0.05) is 6.54 Å². The number of halogens is 1. The summed E-state index contributed by atoms with van der Waals surface area (Å²) in [6.45, 7) is 0.946. The minimum Gasteiger partial charge on any atom is -0.445 e. The van der Waals surface area contributed by atoms with E-state index in [0.717, 1.165) is 30.4 Å². The fraction of sp³-hybridized carbons (Fsp3) is 0.316. The fourth-order valence-electron chi connectivity index (χ4n) is 2.98. The molecule has 1 aliphatic heterocycles. The van der Waals surface area contributed by atoms with E-state index in [1.165, 1.54) is 12.1 Å². The Hall–Kier alpha value is -2.36. The Balaban J connectivity index is 1.68. The molecule has 1 unspecified atom stereocenters. The average Bonchev–Trinajstić information content (AvgIpc) is 2.61.